The number of non-ortho nitro benzene ring substituents is 1. The summed E-state index contributed by atoms with van der Waals surface area (Å²) in [6.07, 6.45) is 0. The first kappa shape index (κ1) is 20.2. The van der Waals surface area contributed by atoms with Crippen molar-refractivity contribution in [2.24, 2.45) is 0 Å². The second-order valence-electron chi connectivity index (χ2n) is 6.47. The first-order chi connectivity index (χ1) is 13.3. The van der Waals surface area contributed by atoms with Gasteiger partial charge in [-0.25, -0.2) is 4.39 Å². The van der Waals surface area contributed by atoms with Crippen molar-refractivity contribution in [3.63, 3.8) is 0 Å². The number of halogens is 2. The number of aryl methyl sites for hydroxylation is 1. The molecule has 1 aliphatic heterocycles. The fourth-order valence-electron chi connectivity index (χ4n) is 2.98. The number of piperazine rings is 1. The lowest BCUT2D eigenvalue weighted by molar-refractivity contribution is -0.384. The molecule has 0 saturated carbocycles. The van der Waals surface area contributed by atoms with E-state index in [1.54, 1.807) is 28.9 Å². The van der Waals surface area contributed by atoms with Crippen molar-refractivity contribution >= 4 is 40.1 Å². The Morgan fingerprint density at radius 2 is 1.64 bits per heavy atom. The van der Waals surface area contributed by atoms with E-state index in [-0.39, 0.29) is 28.6 Å². The van der Waals surface area contributed by atoms with Crippen molar-refractivity contribution < 1.29 is 18.9 Å². The summed E-state index contributed by atoms with van der Waals surface area (Å²) in [5.74, 6) is -1.02. The van der Waals surface area contributed by atoms with Crippen LogP contribution in [0.1, 0.15) is 26.3 Å². The van der Waals surface area contributed by atoms with E-state index >= 15 is 0 Å². The van der Waals surface area contributed by atoms with Gasteiger partial charge >= 0.3 is 0 Å². The Bertz CT molecular complexity index is 958. The van der Waals surface area contributed by atoms with Crippen molar-refractivity contribution in [1.82, 2.24) is 9.80 Å². The number of rotatable bonds is 3. The van der Waals surface area contributed by atoms with Gasteiger partial charge in [-0.2, -0.15) is 0 Å². The number of nitro groups is 1. The summed E-state index contributed by atoms with van der Waals surface area (Å²) < 4.78 is 14.3. The monoisotopic (exact) mass is 497 g/mol. The molecular weight excluding hydrogens is 480 g/mol. The number of carbonyl (C=O) groups excluding carboxylic acids is 2. The normalized spacial score (nSPS) is 14.1. The molecule has 2 aromatic carbocycles. The lowest BCUT2D eigenvalue weighted by Gasteiger charge is -2.35. The van der Waals surface area contributed by atoms with Crippen LogP contribution in [0.5, 0.6) is 0 Å². The Morgan fingerprint density at radius 1 is 1.04 bits per heavy atom. The highest BCUT2D eigenvalue weighted by Crippen LogP contribution is 2.22. The molecule has 3 rings (SSSR count). The van der Waals surface area contributed by atoms with Crippen molar-refractivity contribution in [3.05, 3.63) is 72.6 Å². The molecule has 0 N–H and O–H groups in total. The summed E-state index contributed by atoms with van der Waals surface area (Å²) in [6.45, 7) is 2.86. The van der Waals surface area contributed by atoms with E-state index in [0.29, 0.717) is 35.3 Å². The molecule has 2 amide bonds. The first-order valence-corrected chi connectivity index (χ1v) is 9.64. The molecule has 0 radical (unpaired) electrons. The molecule has 146 valence electrons. The zero-order chi connectivity index (χ0) is 20.4. The summed E-state index contributed by atoms with van der Waals surface area (Å²) in [5.41, 5.74) is 0.879. The first-order valence-electron chi connectivity index (χ1n) is 8.56. The quantitative estimate of drug-likeness (QED) is 0.371. The Morgan fingerprint density at radius 3 is 2.21 bits per heavy atom. The molecule has 1 saturated heterocycles. The smallest absolute Gasteiger partial charge is 0.270 e. The SMILES string of the molecule is Cc1ccc(C(=O)N2CCN(C(=O)c3cc([N+](=O)[O-])ccc3I)CC2)cc1F. The molecule has 9 heteroatoms. The van der Waals surface area contributed by atoms with Gasteiger partial charge in [0.1, 0.15) is 5.82 Å². The lowest BCUT2D eigenvalue weighted by Crippen LogP contribution is -2.50. The molecule has 1 aliphatic rings. The van der Waals surface area contributed by atoms with Gasteiger partial charge in [0.2, 0.25) is 0 Å². The fourth-order valence-corrected chi connectivity index (χ4v) is 3.55. The minimum absolute atomic E-state index is 0.140. The van der Waals surface area contributed by atoms with Gasteiger partial charge in [0.05, 0.1) is 10.5 Å². The Balaban J connectivity index is 1.69. The van der Waals surface area contributed by atoms with Gasteiger partial charge in [-0.3, -0.25) is 19.7 Å². The molecule has 7 nitrogen and oxygen atoms in total. The Hall–Kier alpha value is -2.56. The highest BCUT2D eigenvalue weighted by molar-refractivity contribution is 14.1. The van der Waals surface area contributed by atoms with E-state index in [1.165, 1.54) is 24.3 Å². The van der Waals surface area contributed by atoms with Gasteiger partial charge in [0.15, 0.2) is 0 Å². The van der Waals surface area contributed by atoms with Crippen molar-refractivity contribution in [3.8, 4) is 0 Å². The molecule has 0 aliphatic carbocycles. The summed E-state index contributed by atoms with van der Waals surface area (Å²) in [4.78, 5) is 38.9. The zero-order valence-corrected chi connectivity index (χ0v) is 17.2. The van der Waals surface area contributed by atoms with Crippen LogP contribution in [0, 0.1) is 26.4 Å². The van der Waals surface area contributed by atoms with E-state index in [0.717, 1.165) is 0 Å². The summed E-state index contributed by atoms with van der Waals surface area (Å²) >= 11 is 1.97. The average molecular weight is 497 g/mol. The standard InChI is InChI=1S/C19H17FIN3O4/c1-12-2-3-13(10-16(12)20)18(25)22-6-8-23(9-7-22)19(26)15-11-14(24(27)28)4-5-17(15)21/h2-5,10-11H,6-9H2,1H3. The molecular formula is C19H17FIN3O4. The maximum atomic E-state index is 13.7. The molecule has 1 fully saturated rings. The molecule has 0 aromatic heterocycles. The van der Waals surface area contributed by atoms with Crippen LogP contribution in [0.4, 0.5) is 10.1 Å². The van der Waals surface area contributed by atoms with E-state index in [9.17, 15) is 24.1 Å². The number of hydrogen-bond acceptors (Lipinski definition) is 4. The second kappa shape index (κ2) is 8.21. The molecule has 0 spiro atoms. The van der Waals surface area contributed by atoms with Crippen molar-refractivity contribution in [1.29, 1.82) is 0 Å². The van der Waals surface area contributed by atoms with E-state index < -0.39 is 10.7 Å². The highest BCUT2D eigenvalue weighted by Gasteiger charge is 2.27. The third-order valence-electron chi connectivity index (χ3n) is 4.66. The fraction of sp³-hybridized carbons (Fsp3) is 0.263. The Labute approximate surface area is 174 Å². The van der Waals surface area contributed by atoms with Crippen LogP contribution in [0.2, 0.25) is 0 Å². The molecule has 0 unspecified atom stereocenters. The van der Waals surface area contributed by atoms with Crippen LogP contribution < -0.4 is 0 Å². The van der Waals surface area contributed by atoms with Crippen molar-refractivity contribution in [2.45, 2.75) is 6.92 Å². The van der Waals surface area contributed by atoms with Gasteiger partial charge in [-0.1, -0.05) is 6.07 Å². The average Bonchev–Trinajstić information content (AvgIpc) is 2.69. The Kier molecular flexibility index (Phi) is 5.92. The van der Waals surface area contributed by atoms with Gasteiger partial charge in [0, 0.05) is 47.4 Å². The van der Waals surface area contributed by atoms with Crippen LogP contribution in [0.25, 0.3) is 0 Å². The summed E-state index contributed by atoms with van der Waals surface area (Å²) in [5, 5.41) is 11.0. The predicted octanol–water partition coefficient (Wildman–Crippen LogP) is 3.25. The van der Waals surface area contributed by atoms with Gasteiger partial charge in [-0.05, 0) is 53.3 Å². The molecule has 28 heavy (non-hydrogen) atoms. The molecule has 1 heterocycles. The predicted molar refractivity (Wildman–Crippen MR) is 109 cm³/mol. The van der Waals surface area contributed by atoms with Crippen LogP contribution in [0.15, 0.2) is 36.4 Å². The number of hydrogen-bond donors (Lipinski definition) is 0. The van der Waals surface area contributed by atoms with Crippen LogP contribution >= 0.6 is 22.6 Å². The topological polar surface area (TPSA) is 83.8 Å². The van der Waals surface area contributed by atoms with E-state index in [1.807, 2.05) is 22.6 Å². The highest BCUT2D eigenvalue weighted by atomic mass is 127. The van der Waals surface area contributed by atoms with Crippen LogP contribution in [-0.2, 0) is 0 Å². The second-order valence-corrected chi connectivity index (χ2v) is 7.63. The van der Waals surface area contributed by atoms with Gasteiger partial charge in [0.25, 0.3) is 17.5 Å². The van der Waals surface area contributed by atoms with E-state index in [2.05, 4.69) is 0 Å². The maximum absolute atomic E-state index is 13.7. The van der Waals surface area contributed by atoms with Gasteiger partial charge < -0.3 is 9.80 Å². The zero-order valence-electron chi connectivity index (χ0n) is 15.0. The lowest BCUT2D eigenvalue weighted by atomic mass is 10.1. The number of nitrogens with zero attached hydrogens (tertiary/aromatic N) is 3. The van der Waals surface area contributed by atoms with Crippen LogP contribution in [0.3, 0.4) is 0 Å². The maximum Gasteiger partial charge on any atom is 0.270 e. The summed E-state index contributed by atoms with van der Waals surface area (Å²) in [6, 6.07) is 8.54. The molecule has 2 aromatic rings. The van der Waals surface area contributed by atoms with Crippen molar-refractivity contribution in [2.75, 3.05) is 26.2 Å². The number of nitro benzene ring substituents is 1. The third-order valence-corrected chi connectivity index (χ3v) is 5.60. The minimum Gasteiger partial charge on any atom is -0.335 e. The third kappa shape index (κ3) is 4.13. The number of benzene rings is 2. The summed E-state index contributed by atoms with van der Waals surface area (Å²) in [7, 11) is 0. The van der Waals surface area contributed by atoms with E-state index in [4.69, 9.17) is 0 Å². The minimum atomic E-state index is -0.538. The van der Waals surface area contributed by atoms with Crippen LogP contribution in [-0.4, -0.2) is 52.7 Å². The van der Waals surface area contributed by atoms with Gasteiger partial charge in [-0.15, -0.1) is 0 Å². The molecule has 0 atom stereocenters. The molecule has 0 bridgehead atoms. The largest absolute Gasteiger partial charge is 0.335 e. The number of carbonyl (C=O) groups is 2. The number of amides is 2.